The van der Waals surface area contributed by atoms with E-state index in [0.29, 0.717) is 13.0 Å². The van der Waals surface area contributed by atoms with E-state index in [0.717, 1.165) is 26.4 Å². The Morgan fingerprint density at radius 1 is 1.40 bits per heavy atom. The van der Waals surface area contributed by atoms with Gasteiger partial charge in [0, 0.05) is 27.6 Å². The summed E-state index contributed by atoms with van der Waals surface area (Å²) < 4.78 is 0. The maximum absolute atomic E-state index is 11.7. The van der Waals surface area contributed by atoms with Crippen molar-refractivity contribution in [1.82, 2.24) is 10.3 Å². The van der Waals surface area contributed by atoms with E-state index in [2.05, 4.69) is 10.3 Å². The minimum Gasteiger partial charge on any atom is -0.355 e. The third-order valence-corrected chi connectivity index (χ3v) is 4.60. The number of amides is 1. The fourth-order valence-electron chi connectivity index (χ4n) is 1.61. The Balaban J connectivity index is 1.65. The van der Waals surface area contributed by atoms with Gasteiger partial charge in [-0.2, -0.15) is 0 Å². The third kappa shape index (κ3) is 5.15. The average Bonchev–Trinajstić information content (AvgIpc) is 2.82. The van der Waals surface area contributed by atoms with Gasteiger partial charge in [0.05, 0.1) is 17.1 Å². The number of halogens is 1. The van der Waals surface area contributed by atoms with E-state index in [-0.39, 0.29) is 5.91 Å². The van der Waals surface area contributed by atoms with Crippen LogP contribution >= 0.6 is 34.7 Å². The number of nitrogens with zero attached hydrogens (tertiary/aromatic N) is 1. The molecule has 1 heterocycles. The molecule has 0 atom stereocenters. The van der Waals surface area contributed by atoms with Crippen LogP contribution in [0, 0.1) is 6.92 Å². The van der Waals surface area contributed by atoms with E-state index in [1.165, 1.54) is 0 Å². The first-order valence-electron chi connectivity index (χ1n) is 6.19. The number of thioether (sulfide) groups is 1. The lowest BCUT2D eigenvalue weighted by Gasteiger charge is -2.04. The van der Waals surface area contributed by atoms with Crippen molar-refractivity contribution in [2.45, 2.75) is 18.2 Å². The van der Waals surface area contributed by atoms with Crippen LogP contribution in [0.5, 0.6) is 0 Å². The number of benzene rings is 1. The van der Waals surface area contributed by atoms with Crippen molar-refractivity contribution >= 4 is 40.6 Å². The monoisotopic (exact) mass is 326 g/mol. The number of aryl methyl sites for hydroxylation is 1. The molecule has 2 aromatic rings. The molecule has 106 valence electrons. The van der Waals surface area contributed by atoms with E-state index in [1.807, 2.05) is 36.6 Å². The van der Waals surface area contributed by atoms with Gasteiger partial charge in [0.15, 0.2) is 0 Å². The highest BCUT2D eigenvalue weighted by atomic mass is 35.5. The van der Waals surface area contributed by atoms with E-state index in [9.17, 15) is 4.79 Å². The normalized spacial score (nSPS) is 10.5. The minimum absolute atomic E-state index is 0.0204. The number of aromatic nitrogens is 1. The molecule has 0 unspecified atom stereocenters. The van der Waals surface area contributed by atoms with Crippen molar-refractivity contribution in [2.75, 3.05) is 12.3 Å². The number of nitrogens with one attached hydrogen (secondary N) is 1. The third-order valence-electron chi connectivity index (χ3n) is 2.51. The van der Waals surface area contributed by atoms with Crippen molar-refractivity contribution in [3.05, 3.63) is 45.4 Å². The molecule has 0 fully saturated rings. The van der Waals surface area contributed by atoms with Gasteiger partial charge in [-0.3, -0.25) is 4.79 Å². The highest BCUT2D eigenvalue weighted by Crippen LogP contribution is 2.19. The molecule has 2 rings (SSSR count). The fraction of sp³-hybridized carbons (Fsp3) is 0.286. The number of carbonyl (C=O) groups is 1. The Morgan fingerprint density at radius 3 is 2.80 bits per heavy atom. The zero-order valence-corrected chi connectivity index (χ0v) is 13.4. The van der Waals surface area contributed by atoms with Crippen molar-refractivity contribution in [3.63, 3.8) is 0 Å². The van der Waals surface area contributed by atoms with E-state index in [4.69, 9.17) is 11.6 Å². The molecule has 1 aromatic heterocycles. The van der Waals surface area contributed by atoms with Gasteiger partial charge in [-0.15, -0.1) is 23.1 Å². The first-order chi connectivity index (χ1) is 9.63. The van der Waals surface area contributed by atoms with Crippen LogP contribution in [-0.4, -0.2) is 23.2 Å². The van der Waals surface area contributed by atoms with Crippen LogP contribution in [0.25, 0.3) is 0 Å². The smallest absolute Gasteiger partial charge is 0.226 e. The molecule has 0 radical (unpaired) electrons. The highest BCUT2D eigenvalue weighted by Gasteiger charge is 2.05. The lowest BCUT2D eigenvalue weighted by Crippen LogP contribution is -2.27. The molecule has 0 aliphatic heterocycles. The maximum Gasteiger partial charge on any atom is 0.226 e. The molecule has 20 heavy (non-hydrogen) atoms. The van der Waals surface area contributed by atoms with Gasteiger partial charge in [0.1, 0.15) is 0 Å². The Labute approximate surface area is 131 Å². The summed E-state index contributed by atoms with van der Waals surface area (Å²) >= 11 is 9.08. The number of thiazole rings is 1. The number of hydrogen-bond acceptors (Lipinski definition) is 4. The zero-order valence-electron chi connectivity index (χ0n) is 11.1. The molecule has 1 amide bonds. The summed E-state index contributed by atoms with van der Waals surface area (Å²) in [5.41, 5.74) is 0.843. The Hall–Kier alpha value is -1.04. The Kier molecular flexibility index (Phi) is 5.88. The molecule has 0 aliphatic carbocycles. The van der Waals surface area contributed by atoms with Crippen LogP contribution in [0.4, 0.5) is 0 Å². The SMILES string of the molecule is Cc1nc(CC(=O)NCCSc2ccc(Cl)cc2)cs1. The number of carbonyl (C=O) groups excluding carboxylic acids is 1. The molecule has 3 nitrogen and oxygen atoms in total. The van der Waals surface area contributed by atoms with Gasteiger partial charge in [-0.05, 0) is 31.2 Å². The first kappa shape index (κ1) is 15.4. The zero-order chi connectivity index (χ0) is 14.4. The van der Waals surface area contributed by atoms with Gasteiger partial charge < -0.3 is 5.32 Å². The predicted octanol–water partition coefficient (Wildman–Crippen LogP) is 3.56. The predicted molar refractivity (Wildman–Crippen MR) is 85.7 cm³/mol. The molecule has 1 N–H and O–H groups in total. The molecule has 0 saturated carbocycles. The molecular formula is C14H15ClN2OS2. The molecular weight excluding hydrogens is 312 g/mol. The van der Waals surface area contributed by atoms with Crippen LogP contribution in [0.2, 0.25) is 5.02 Å². The molecule has 1 aromatic carbocycles. The summed E-state index contributed by atoms with van der Waals surface area (Å²) in [4.78, 5) is 17.1. The Morgan fingerprint density at radius 2 is 2.15 bits per heavy atom. The molecule has 0 saturated heterocycles. The van der Waals surface area contributed by atoms with Crippen LogP contribution in [0.15, 0.2) is 34.5 Å². The summed E-state index contributed by atoms with van der Waals surface area (Å²) in [6.45, 7) is 2.59. The summed E-state index contributed by atoms with van der Waals surface area (Å²) in [6, 6.07) is 7.69. The lowest BCUT2D eigenvalue weighted by molar-refractivity contribution is -0.120. The van der Waals surface area contributed by atoms with Crippen LogP contribution in [-0.2, 0) is 11.2 Å². The largest absolute Gasteiger partial charge is 0.355 e. The summed E-state index contributed by atoms with van der Waals surface area (Å²) in [5.74, 6) is 0.857. The summed E-state index contributed by atoms with van der Waals surface area (Å²) in [6.07, 6.45) is 0.357. The van der Waals surface area contributed by atoms with Gasteiger partial charge >= 0.3 is 0 Å². The minimum atomic E-state index is 0.0204. The van der Waals surface area contributed by atoms with Crippen LogP contribution in [0.1, 0.15) is 10.7 Å². The van der Waals surface area contributed by atoms with Gasteiger partial charge in [-0.1, -0.05) is 11.6 Å². The molecule has 0 spiro atoms. The maximum atomic E-state index is 11.7. The summed E-state index contributed by atoms with van der Waals surface area (Å²) in [5, 5.41) is 6.56. The van der Waals surface area contributed by atoms with Crippen molar-refractivity contribution in [1.29, 1.82) is 0 Å². The van der Waals surface area contributed by atoms with E-state index >= 15 is 0 Å². The van der Waals surface area contributed by atoms with Gasteiger partial charge in [-0.25, -0.2) is 4.98 Å². The van der Waals surface area contributed by atoms with Gasteiger partial charge in [0.25, 0.3) is 0 Å². The topological polar surface area (TPSA) is 42.0 Å². The average molecular weight is 327 g/mol. The quantitative estimate of drug-likeness (QED) is 0.652. The van der Waals surface area contributed by atoms with Gasteiger partial charge in [0.2, 0.25) is 5.91 Å². The van der Waals surface area contributed by atoms with E-state index < -0.39 is 0 Å². The van der Waals surface area contributed by atoms with E-state index in [1.54, 1.807) is 23.1 Å². The Bertz CT molecular complexity index is 569. The fourth-order valence-corrected chi connectivity index (χ4v) is 3.11. The molecule has 0 bridgehead atoms. The second-order valence-electron chi connectivity index (χ2n) is 4.19. The molecule has 0 aliphatic rings. The standard InChI is InChI=1S/C14H15ClN2OS2/c1-10-17-12(9-20-10)8-14(18)16-6-7-19-13-4-2-11(15)3-5-13/h2-5,9H,6-8H2,1H3,(H,16,18). The lowest BCUT2D eigenvalue weighted by atomic mass is 10.3. The highest BCUT2D eigenvalue weighted by molar-refractivity contribution is 7.99. The first-order valence-corrected chi connectivity index (χ1v) is 8.44. The van der Waals surface area contributed by atoms with Crippen molar-refractivity contribution in [3.8, 4) is 0 Å². The number of hydrogen-bond donors (Lipinski definition) is 1. The van der Waals surface area contributed by atoms with Crippen LogP contribution < -0.4 is 5.32 Å². The van der Waals surface area contributed by atoms with Crippen molar-refractivity contribution in [2.24, 2.45) is 0 Å². The summed E-state index contributed by atoms with van der Waals surface area (Å²) in [7, 11) is 0. The second kappa shape index (κ2) is 7.67. The number of rotatable bonds is 6. The van der Waals surface area contributed by atoms with Crippen LogP contribution in [0.3, 0.4) is 0 Å². The second-order valence-corrected chi connectivity index (χ2v) is 6.85. The molecule has 6 heteroatoms. The van der Waals surface area contributed by atoms with Crippen molar-refractivity contribution < 1.29 is 4.79 Å².